The summed E-state index contributed by atoms with van der Waals surface area (Å²) < 4.78 is 5.21. The van der Waals surface area contributed by atoms with Crippen molar-refractivity contribution in [3.8, 4) is 5.75 Å². The number of hydrogen-bond acceptors (Lipinski definition) is 4. The van der Waals surface area contributed by atoms with Gasteiger partial charge in [0.2, 0.25) is 0 Å². The van der Waals surface area contributed by atoms with Crippen LogP contribution in [-0.4, -0.2) is 18.2 Å². The van der Waals surface area contributed by atoms with Gasteiger partial charge in [0.1, 0.15) is 11.4 Å². The number of aliphatic imine (C=N–C) groups is 1. The molecule has 1 aliphatic rings. The molecule has 0 fully saturated rings. The highest BCUT2D eigenvalue weighted by atomic mass is 35.5. The number of rotatable bonds is 5. The molecule has 0 unspecified atom stereocenters. The Morgan fingerprint density at radius 1 is 1.00 bits per heavy atom. The second-order valence-electron chi connectivity index (χ2n) is 7.09. The average molecular weight is 449 g/mol. The number of thioether (sulfide) groups is 1. The molecule has 0 radical (unpaired) electrons. The molecule has 0 aromatic heterocycles. The van der Waals surface area contributed by atoms with E-state index < -0.39 is 0 Å². The fraction of sp³-hybridized carbons (Fsp3) is 0.120. The van der Waals surface area contributed by atoms with Gasteiger partial charge >= 0.3 is 0 Å². The first-order valence-corrected chi connectivity index (χ1v) is 11.1. The van der Waals surface area contributed by atoms with Gasteiger partial charge in [-0.1, -0.05) is 65.3 Å². The van der Waals surface area contributed by atoms with Crippen molar-refractivity contribution in [1.29, 1.82) is 0 Å². The third kappa shape index (κ3) is 5.01. The number of nitrogens with zero attached hydrogens (tertiary/aromatic N) is 2. The van der Waals surface area contributed by atoms with Crippen LogP contribution in [0.5, 0.6) is 5.75 Å². The number of carbonyl (C=O) groups excluding carboxylic acids is 1. The molecule has 6 heteroatoms. The summed E-state index contributed by atoms with van der Waals surface area (Å²) in [7, 11) is 1.63. The van der Waals surface area contributed by atoms with Crippen molar-refractivity contribution >= 4 is 46.2 Å². The van der Waals surface area contributed by atoms with E-state index in [4.69, 9.17) is 16.3 Å². The summed E-state index contributed by atoms with van der Waals surface area (Å²) in [5, 5.41) is 1.36. The van der Waals surface area contributed by atoms with Gasteiger partial charge in [-0.25, -0.2) is 4.99 Å². The van der Waals surface area contributed by atoms with Crippen LogP contribution in [0.25, 0.3) is 6.08 Å². The molecule has 0 bridgehead atoms. The lowest BCUT2D eigenvalue weighted by molar-refractivity contribution is -0.113. The Hall–Kier alpha value is -3.02. The van der Waals surface area contributed by atoms with Crippen LogP contribution in [-0.2, 0) is 10.5 Å². The second kappa shape index (κ2) is 9.41. The topological polar surface area (TPSA) is 41.9 Å². The number of anilines is 1. The number of amides is 1. The summed E-state index contributed by atoms with van der Waals surface area (Å²) in [5.74, 6) is 1.31. The highest BCUT2D eigenvalue weighted by Crippen LogP contribution is 2.31. The third-order valence-electron chi connectivity index (χ3n) is 4.82. The molecule has 1 amide bonds. The Balaban J connectivity index is 1.64. The van der Waals surface area contributed by atoms with Crippen molar-refractivity contribution in [2.24, 2.45) is 4.99 Å². The molecule has 0 N–H and O–H groups in total. The maximum absolute atomic E-state index is 13.3. The Kier molecular flexibility index (Phi) is 6.44. The number of methoxy groups -OCH3 is 1. The molecule has 3 aromatic carbocycles. The minimum atomic E-state index is -0.140. The summed E-state index contributed by atoms with van der Waals surface area (Å²) in [6, 6.07) is 23.1. The van der Waals surface area contributed by atoms with Crippen LogP contribution in [0.3, 0.4) is 0 Å². The molecule has 3 aromatic rings. The molecule has 4 nitrogen and oxygen atoms in total. The quantitative estimate of drug-likeness (QED) is 0.428. The van der Waals surface area contributed by atoms with Crippen LogP contribution < -0.4 is 9.64 Å². The van der Waals surface area contributed by atoms with E-state index in [1.807, 2.05) is 79.7 Å². The fourth-order valence-corrected chi connectivity index (χ4v) is 4.20. The lowest BCUT2D eigenvalue weighted by Crippen LogP contribution is -2.30. The van der Waals surface area contributed by atoms with E-state index in [1.165, 1.54) is 11.8 Å². The zero-order valence-electron chi connectivity index (χ0n) is 17.2. The summed E-state index contributed by atoms with van der Waals surface area (Å²) in [6.07, 6.45) is 1.80. The smallest absolute Gasteiger partial charge is 0.283 e. The van der Waals surface area contributed by atoms with Crippen LogP contribution in [0.4, 0.5) is 5.69 Å². The van der Waals surface area contributed by atoms with E-state index >= 15 is 0 Å². The molecule has 31 heavy (non-hydrogen) atoms. The second-order valence-corrected chi connectivity index (χ2v) is 8.47. The van der Waals surface area contributed by atoms with Crippen LogP contribution >= 0.6 is 23.4 Å². The minimum absolute atomic E-state index is 0.140. The molecule has 4 rings (SSSR count). The molecule has 1 aliphatic heterocycles. The van der Waals surface area contributed by atoms with E-state index in [2.05, 4.69) is 4.99 Å². The third-order valence-corrected chi connectivity index (χ3v) is 6.08. The van der Waals surface area contributed by atoms with E-state index in [-0.39, 0.29) is 5.91 Å². The zero-order valence-corrected chi connectivity index (χ0v) is 18.8. The van der Waals surface area contributed by atoms with Crippen molar-refractivity contribution in [2.45, 2.75) is 12.7 Å². The van der Waals surface area contributed by atoms with Crippen LogP contribution in [0, 0.1) is 6.92 Å². The lowest BCUT2D eigenvalue weighted by atomic mass is 10.1. The molecular formula is C25H21ClN2O2S. The number of carbonyl (C=O) groups is 1. The first kappa shape index (κ1) is 21.2. The van der Waals surface area contributed by atoms with E-state index in [9.17, 15) is 4.79 Å². The normalized spacial score (nSPS) is 14.8. The number of halogens is 1. The van der Waals surface area contributed by atoms with Gasteiger partial charge < -0.3 is 4.74 Å². The van der Waals surface area contributed by atoms with Gasteiger partial charge in [0.05, 0.1) is 12.8 Å². The number of amidine groups is 1. The predicted octanol–water partition coefficient (Wildman–Crippen LogP) is 6.33. The molecule has 156 valence electrons. The Bertz CT molecular complexity index is 1140. The number of hydrogen-bond donors (Lipinski definition) is 0. The summed E-state index contributed by atoms with van der Waals surface area (Å²) >= 11 is 7.52. The summed E-state index contributed by atoms with van der Waals surface area (Å²) in [4.78, 5) is 19.6. The predicted molar refractivity (Wildman–Crippen MR) is 130 cm³/mol. The average Bonchev–Trinajstić information content (AvgIpc) is 3.09. The van der Waals surface area contributed by atoms with E-state index in [0.717, 1.165) is 28.1 Å². The van der Waals surface area contributed by atoms with Crippen molar-refractivity contribution < 1.29 is 9.53 Å². The standard InChI is InChI=1S/C25H21ClN2O2S/c1-17-3-11-21(12-4-17)28-24(29)23(15-18-7-13-22(30-2)14-8-18)27-25(28)31-16-19-5-9-20(26)10-6-19/h3-15H,16H2,1-2H3. The summed E-state index contributed by atoms with van der Waals surface area (Å²) in [6.45, 7) is 2.02. The van der Waals surface area contributed by atoms with E-state index in [1.54, 1.807) is 18.1 Å². The van der Waals surface area contributed by atoms with E-state index in [0.29, 0.717) is 21.6 Å². The highest BCUT2D eigenvalue weighted by Gasteiger charge is 2.31. The van der Waals surface area contributed by atoms with Crippen LogP contribution in [0.2, 0.25) is 5.02 Å². The van der Waals surface area contributed by atoms with Crippen molar-refractivity contribution in [3.63, 3.8) is 0 Å². The number of aryl methyl sites for hydroxylation is 1. The number of benzene rings is 3. The molecule has 0 saturated carbocycles. The van der Waals surface area contributed by atoms with Crippen molar-refractivity contribution in [2.75, 3.05) is 12.0 Å². The van der Waals surface area contributed by atoms with Gasteiger partial charge in [-0.2, -0.15) is 0 Å². The van der Waals surface area contributed by atoms with Crippen LogP contribution in [0.1, 0.15) is 16.7 Å². The molecular weight excluding hydrogens is 428 g/mol. The van der Waals surface area contributed by atoms with Crippen molar-refractivity contribution in [3.05, 3.63) is 100 Å². The molecule has 0 aliphatic carbocycles. The van der Waals surface area contributed by atoms with Gasteiger partial charge in [-0.3, -0.25) is 9.69 Å². The van der Waals surface area contributed by atoms with Gasteiger partial charge in [-0.05, 0) is 60.5 Å². The van der Waals surface area contributed by atoms with Gasteiger partial charge in [-0.15, -0.1) is 0 Å². The monoisotopic (exact) mass is 448 g/mol. The fourth-order valence-electron chi connectivity index (χ4n) is 3.10. The first-order valence-electron chi connectivity index (χ1n) is 9.76. The molecule has 0 atom stereocenters. The van der Waals surface area contributed by atoms with Gasteiger partial charge in [0.15, 0.2) is 5.17 Å². The summed E-state index contributed by atoms with van der Waals surface area (Å²) in [5.41, 5.74) is 4.35. The first-order chi connectivity index (χ1) is 15.0. The lowest BCUT2D eigenvalue weighted by Gasteiger charge is -2.18. The minimum Gasteiger partial charge on any atom is -0.497 e. The molecule has 0 spiro atoms. The highest BCUT2D eigenvalue weighted by molar-refractivity contribution is 8.13. The Labute approximate surface area is 191 Å². The molecule has 0 saturated heterocycles. The zero-order chi connectivity index (χ0) is 21.8. The van der Waals surface area contributed by atoms with Crippen LogP contribution in [0.15, 0.2) is 83.5 Å². The maximum atomic E-state index is 13.3. The maximum Gasteiger partial charge on any atom is 0.283 e. The largest absolute Gasteiger partial charge is 0.497 e. The Morgan fingerprint density at radius 3 is 2.32 bits per heavy atom. The van der Waals surface area contributed by atoms with Gasteiger partial charge in [0, 0.05) is 10.8 Å². The SMILES string of the molecule is COc1ccc(C=C2N=C(SCc3ccc(Cl)cc3)N(c3ccc(C)cc3)C2=O)cc1. The Morgan fingerprint density at radius 2 is 1.68 bits per heavy atom. The number of ether oxygens (including phenoxy) is 1. The van der Waals surface area contributed by atoms with Gasteiger partial charge in [0.25, 0.3) is 5.91 Å². The molecule has 1 heterocycles. The van der Waals surface area contributed by atoms with Crippen molar-refractivity contribution in [1.82, 2.24) is 0 Å².